The molecule has 0 radical (unpaired) electrons. The third kappa shape index (κ3) is 4.41. The summed E-state index contributed by atoms with van der Waals surface area (Å²) in [5.74, 6) is 0. The van der Waals surface area contributed by atoms with Crippen molar-refractivity contribution in [2.24, 2.45) is 0 Å². The van der Waals surface area contributed by atoms with Crippen molar-refractivity contribution in [2.75, 3.05) is 31.1 Å². The molecule has 1 aromatic heterocycles. The third-order valence-corrected chi connectivity index (χ3v) is 6.25. The van der Waals surface area contributed by atoms with Crippen LogP contribution in [0, 0.1) is 11.3 Å². The minimum Gasteiger partial charge on any atom is -0.345 e. The third-order valence-electron chi connectivity index (χ3n) is 4.94. The number of hydrogen-bond acceptors (Lipinski definition) is 5. The zero-order chi connectivity index (χ0) is 18.6. The largest absolute Gasteiger partial charge is 0.345 e. The van der Waals surface area contributed by atoms with E-state index in [1.54, 1.807) is 11.3 Å². The lowest BCUT2D eigenvalue weighted by atomic mass is 10.1. The molecule has 1 aliphatic rings. The summed E-state index contributed by atoms with van der Waals surface area (Å²) in [6.07, 6.45) is 1.42. The molecule has 1 saturated heterocycles. The maximum absolute atomic E-state index is 8.69. The molecule has 0 unspecified atom stereocenters. The van der Waals surface area contributed by atoms with Gasteiger partial charge in [0.25, 0.3) is 0 Å². The Labute approximate surface area is 168 Å². The summed E-state index contributed by atoms with van der Waals surface area (Å²) >= 11 is 7.81. The van der Waals surface area contributed by atoms with E-state index >= 15 is 0 Å². The van der Waals surface area contributed by atoms with Crippen molar-refractivity contribution in [1.29, 1.82) is 5.26 Å². The van der Waals surface area contributed by atoms with Crippen molar-refractivity contribution in [3.8, 4) is 6.07 Å². The molecule has 0 N–H and O–H groups in total. The SMILES string of the molecule is N#CCCc1ccc(CN2CCN(c3nc4ccc(Cl)cc4s3)CC2)cc1. The highest BCUT2D eigenvalue weighted by atomic mass is 35.5. The number of thiazole rings is 1. The molecule has 0 amide bonds. The molecular formula is C21H21ClN4S. The van der Waals surface area contributed by atoms with E-state index < -0.39 is 0 Å². The Kier molecular flexibility index (Phi) is 5.58. The highest BCUT2D eigenvalue weighted by molar-refractivity contribution is 7.22. The second-order valence-electron chi connectivity index (χ2n) is 6.85. The van der Waals surface area contributed by atoms with E-state index in [1.807, 2.05) is 18.2 Å². The molecule has 0 bridgehead atoms. The van der Waals surface area contributed by atoms with Crippen LogP contribution >= 0.6 is 22.9 Å². The first kappa shape index (κ1) is 18.2. The summed E-state index contributed by atoms with van der Waals surface area (Å²) in [5, 5.41) is 10.5. The number of hydrogen-bond donors (Lipinski definition) is 0. The Morgan fingerprint density at radius 2 is 1.78 bits per heavy atom. The second-order valence-corrected chi connectivity index (χ2v) is 8.29. The highest BCUT2D eigenvalue weighted by Gasteiger charge is 2.20. The molecule has 0 aliphatic carbocycles. The lowest BCUT2D eigenvalue weighted by Crippen LogP contribution is -2.45. The number of nitriles is 1. The maximum atomic E-state index is 8.69. The van der Waals surface area contributed by atoms with Gasteiger partial charge < -0.3 is 4.90 Å². The Bertz CT molecular complexity index is 952. The van der Waals surface area contributed by atoms with E-state index in [0.29, 0.717) is 6.42 Å². The van der Waals surface area contributed by atoms with Gasteiger partial charge in [-0.25, -0.2) is 4.98 Å². The molecule has 27 heavy (non-hydrogen) atoms. The number of rotatable bonds is 5. The molecule has 4 nitrogen and oxygen atoms in total. The van der Waals surface area contributed by atoms with Gasteiger partial charge in [0, 0.05) is 44.2 Å². The average Bonchev–Trinajstić information content (AvgIpc) is 3.11. The quantitative estimate of drug-likeness (QED) is 0.625. The van der Waals surface area contributed by atoms with E-state index in [-0.39, 0.29) is 0 Å². The molecular weight excluding hydrogens is 376 g/mol. The summed E-state index contributed by atoms with van der Waals surface area (Å²) in [7, 11) is 0. The fourth-order valence-corrected chi connectivity index (χ4v) is 4.68. The predicted molar refractivity (Wildman–Crippen MR) is 112 cm³/mol. The topological polar surface area (TPSA) is 43.2 Å². The van der Waals surface area contributed by atoms with Crippen molar-refractivity contribution >= 4 is 38.3 Å². The van der Waals surface area contributed by atoms with E-state index in [4.69, 9.17) is 21.8 Å². The van der Waals surface area contributed by atoms with Gasteiger partial charge in [0.2, 0.25) is 0 Å². The van der Waals surface area contributed by atoms with Gasteiger partial charge in [-0.15, -0.1) is 0 Å². The number of piperazine rings is 1. The second kappa shape index (κ2) is 8.26. The Balaban J connectivity index is 1.33. The minimum atomic E-state index is 0.583. The van der Waals surface area contributed by atoms with Gasteiger partial charge in [0.1, 0.15) is 0 Å². The zero-order valence-corrected chi connectivity index (χ0v) is 16.6. The Morgan fingerprint density at radius 1 is 1.04 bits per heavy atom. The lowest BCUT2D eigenvalue weighted by molar-refractivity contribution is 0.250. The first-order valence-corrected chi connectivity index (χ1v) is 10.4. The van der Waals surface area contributed by atoms with Crippen LogP contribution in [0.1, 0.15) is 17.5 Å². The van der Waals surface area contributed by atoms with Crippen LogP contribution in [0.15, 0.2) is 42.5 Å². The molecule has 0 atom stereocenters. The van der Waals surface area contributed by atoms with Crippen molar-refractivity contribution in [1.82, 2.24) is 9.88 Å². The van der Waals surface area contributed by atoms with Crippen LogP contribution in [-0.2, 0) is 13.0 Å². The van der Waals surface area contributed by atoms with Crippen LogP contribution in [0.25, 0.3) is 10.2 Å². The van der Waals surface area contributed by atoms with E-state index in [1.165, 1.54) is 11.1 Å². The van der Waals surface area contributed by atoms with Crippen molar-refractivity contribution in [3.63, 3.8) is 0 Å². The van der Waals surface area contributed by atoms with Crippen LogP contribution in [0.2, 0.25) is 5.02 Å². The van der Waals surface area contributed by atoms with Gasteiger partial charge in [-0.1, -0.05) is 47.2 Å². The van der Waals surface area contributed by atoms with Crippen molar-refractivity contribution in [2.45, 2.75) is 19.4 Å². The fourth-order valence-electron chi connectivity index (χ4n) is 3.39. The van der Waals surface area contributed by atoms with Gasteiger partial charge >= 0.3 is 0 Å². The van der Waals surface area contributed by atoms with Crippen LogP contribution in [-0.4, -0.2) is 36.1 Å². The number of halogens is 1. The molecule has 2 heterocycles. The standard InChI is InChI=1S/C21H21ClN4S/c22-18-7-8-19-20(14-18)27-21(24-19)26-12-10-25(11-13-26)15-17-5-3-16(4-6-17)2-1-9-23/h3-8,14H,1-2,10-13,15H2. The number of anilines is 1. The molecule has 0 saturated carbocycles. The van der Waals surface area contributed by atoms with Gasteiger partial charge in [-0.2, -0.15) is 5.26 Å². The first-order valence-electron chi connectivity index (χ1n) is 9.19. The lowest BCUT2D eigenvalue weighted by Gasteiger charge is -2.34. The van der Waals surface area contributed by atoms with Crippen LogP contribution in [0.3, 0.4) is 0 Å². The number of fused-ring (bicyclic) bond motifs is 1. The monoisotopic (exact) mass is 396 g/mol. The number of nitrogens with zero attached hydrogens (tertiary/aromatic N) is 4. The minimum absolute atomic E-state index is 0.583. The van der Waals surface area contributed by atoms with E-state index in [2.05, 4.69) is 40.1 Å². The molecule has 1 aliphatic heterocycles. The predicted octanol–water partition coefficient (Wildman–Crippen LogP) is 4.73. The number of aryl methyl sites for hydroxylation is 1. The van der Waals surface area contributed by atoms with Gasteiger partial charge in [-0.05, 0) is 35.7 Å². The van der Waals surface area contributed by atoms with Crippen molar-refractivity contribution in [3.05, 3.63) is 58.6 Å². The molecule has 2 aromatic carbocycles. The molecule has 6 heteroatoms. The number of aromatic nitrogens is 1. The Hall–Kier alpha value is -2.13. The van der Waals surface area contributed by atoms with Gasteiger partial charge in [0.15, 0.2) is 5.13 Å². The summed E-state index contributed by atoms with van der Waals surface area (Å²) in [5.41, 5.74) is 3.60. The highest BCUT2D eigenvalue weighted by Crippen LogP contribution is 2.31. The maximum Gasteiger partial charge on any atom is 0.186 e. The van der Waals surface area contributed by atoms with Crippen LogP contribution < -0.4 is 4.90 Å². The normalized spacial score (nSPS) is 15.2. The van der Waals surface area contributed by atoms with Crippen molar-refractivity contribution < 1.29 is 0 Å². The molecule has 4 rings (SSSR count). The van der Waals surface area contributed by atoms with E-state index in [0.717, 1.165) is 59.5 Å². The van der Waals surface area contributed by atoms with Gasteiger partial charge in [-0.3, -0.25) is 4.90 Å². The van der Waals surface area contributed by atoms with Gasteiger partial charge in [0.05, 0.1) is 16.3 Å². The summed E-state index contributed by atoms with van der Waals surface area (Å²) in [6, 6.07) is 16.8. The molecule has 1 fully saturated rings. The summed E-state index contributed by atoms with van der Waals surface area (Å²) in [6.45, 7) is 5.03. The molecule has 3 aromatic rings. The zero-order valence-electron chi connectivity index (χ0n) is 15.1. The van der Waals surface area contributed by atoms with Crippen LogP contribution in [0.4, 0.5) is 5.13 Å². The first-order chi connectivity index (χ1) is 13.2. The summed E-state index contributed by atoms with van der Waals surface area (Å²) < 4.78 is 1.15. The number of benzene rings is 2. The average molecular weight is 397 g/mol. The molecule has 0 spiro atoms. The Morgan fingerprint density at radius 3 is 2.52 bits per heavy atom. The van der Waals surface area contributed by atoms with E-state index in [9.17, 15) is 0 Å². The summed E-state index contributed by atoms with van der Waals surface area (Å²) in [4.78, 5) is 9.63. The smallest absolute Gasteiger partial charge is 0.186 e. The van der Waals surface area contributed by atoms with Crippen LogP contribution in [0.5, 0.6) is 0 Å². The fraction of sp³-hybridized carbons (Fsp3) is 0.333. The molecule has 138 valence electrons.